The number of piperazine rings is 1. The third-order valence-corrected chi connectivity index (χ3v) is 6.05. The average molecular weight is 539 g/mol. The highest BCUT2D eigenvalue weighted by molar-refractivity contribution is 5.89. The molecular weight excluding hydrogens is 520 g/mol. The van der Waals surface area contributed by atoms with E-state index in [0.717, 1.165) is 5.56 Å². The predicted octanol–water partition coefficient (Wildman–Crippen LogP) is 5.26. The number of aromatic nitrogens is 2. The minimum atomic E-state index is -5.01. The Morgan fingerprint density at radius 1 is 0.789 bits per heavy atom. The summed E-state index contributed by atoms with van der Waals surface area (Å²) in [6.45, 7) is 1.16. The number of fused-ring (bicyclic) bond motifs is 1. The van der Waals surface area contributed by atoms with Gasteiger partial charge in [0, 0.05) is 37.4 Å². The number of benzene rings is 2. The molecule has 1 saturated heterocycles. The van der Waals surface area contributed by atoms with Gasteiger partial charge in [-0.1, -0.05) is 0 Å². The molecule has 0 unspecified atom stereocenters. The maximum Gasteiger partial charge on any atom is 0.416 e. The topological polar surface area (TPSA) is 79.8 Å². The zero-order valence-electron chi connectivity index (χ0n) is 19.4. The molecule has 0 atom stereocenters. The lowest BCUT2D eigenvalue weighted by atomic mass is 10.1. The number of carbonyl (C=O) groups is 1. The Labute approximate surface area is 211 Å². The first-order valence-electron chi connectivity index (χ1n) is 11.3. The molecule has 1 aromatic heterocycles. The summed E-state index contributed by atoms with van der Waals surface area (Å²) < 4.78 is 89.2. The van der Waals surface area contributed by atoms with Crippen molar-refractivity contribution in [3.05, 3.63) is 59.7 Å². The average Bonchev–Trinajstić information content (AvgIpc) is 3.36. The van der Waals surface area contributed by atoms with Gasteiger partial charge < -0.3 is 24.6 Å². The van der Waals surface area contributed by atoms with E-state index in [1.54, 1.807) is 24.3 Å². The van der Waals surface area contributed by atoms with Crippen LogP contribution >= 0.6 is 0 Å². The van der Waals surface area contributed by atoms with E-state index in [2.05, 4.69) is 15.5 Å². The van der Waals surface area contributed by atoms with Gasteiger partial charge in [0.15, 0.2) is 17.3 Å². The lowest BCUT2D eigenvalue weighted by Crippen LogP contribution is -2.50. The second-order valence-corrected chi connectivity index (χ2v) is 8.54. The van der Waals surface area contributed by atoms with Gasteiger partial charge in [-0.3, -0.25) is 0 Å². The van der Waals surface area contributed by atoms with Crippen LogP contribution < -0.4 is 19.7 Å². The summed E-state index contributed by atoms with van der Waals surface area (Å²) >= 11 is 0. The van der Waals surface area contributed by atoms with E-state index >= 15 is 0 Å². The molecule has 0 radical (unpaired) electrons. The van der Waals surface area contributed by atoms with E-state index < -0.39 is 35.2 Å². The second-order valence-electron chi connectivity index (χ2n) is 8.54. The molecule has 2 aliphatic rings. The maximum absolute atomic E-state index is 13.1. The van der Waals surface area contributed by atoms with Crippen molar-refractivity contribution in [2.24, 2.45) is 0 Å². The largest absolute Gasteiger partial charge is 0.454 e. The van der Waals surface area contributed by atoms with Crippen molar-refractivity contribution in [3.8, 4) is 22.8 Å². The van der Waals surface area contributed by atoms with Crippen LogP contribution in [-0.4, -0.2) is 54.1 Å². The van der Waals surface area contributed by atoms with Gasteiger partial charge in [0.2, 0.25) is 6.79 Å². The van der Waals surface area contributed by atoms with E-state index in [1.165, 1.54) is 4.90 Å². The highest BCUT2D eigenvalue weighted by atomic mass is 19.4. The number of hydrogen-bond acceptors (Lipinski definition) is 6. The summed E-state index contributed by atoms with van der Waals surface area (Å²) in [7, 11) is 0. The number of alkyl halides is 6. The summed E-state index contributed by atoms with van der Waals surface area (Å²) in [4.78, 5) is 15.8. The Morgan fingerprint density at radius 2 is 1.45 bits per heavy atom. The fourth-order valence-corrected chi connectivity index (χ4v) is 4.07. The van der Waals surface area contributed by atoms with Crippen LogP contribution in [0.4, 0.5) is 42.6 Å². The van der Waals surface area contributed by atoms with E-state index in [9.17, 15) is 31.1 Å². The van der Waals surface area contributed by atoms with E-state index in [0.29, 0.717) is 48.2 Å². The third-order valence-electron chi connectivity index (χ3n) is 6.05. The van der Waals surface area contributed by atoms with Crippen LogP contribution in [-0.2, 0) is 12.4 Å². The molecule has 200 valence electrons. The summed E-state index contributed by atoms with van der Waals surface area (Å²) in [5.74, 6) is 1.82. The van der Waals surface area contributed by atoms with Gasteiger partial charge in [-0.15, -0.1) is 10.2 Å². The van der Waals surface area contributed by atoms with Crippen LogP contribution in [0.5, 0.6) is 11.5 Å². The van der Waals surface area contributed by atoms with Crippen molar-refractivity contribution in [3.63, 3.8) is 0 Å². The van der Waals surface area contributed by atoms with Crippen molar-refractivity contribution in [2.45, 2.75) is 12.4 Å². The van der Waals surface area contributed by atoms with Gasteiger partial charge >= 0.3 is 18.4 Å². The lowest BCUT2D eigenvalue weighted by Gasteiger charge is -2.35. The molecule has 2 aromatic carbocycles. The maximum atomic E-state index is 13.1. The standard InChI is InChI=1S/C24H19F6N5O3/c25-23(26,27)15-10-16(24(28,29)30)12-17(11-15)31-22(36)35-7-5-34(6-8-35)21-4-2-18(32-33-21)14-1-3-19-20(9-14)38-13-37-19/h1-4,9-12H,5-8,13H2,(H,31,36). The molecule has 8 nitrogen and oxygen atoms in total. The molecule has 0 aliphatic carbocycles. The number of anilines is 2. The zero-order valence-corrected chi connectivity index (χ0v) is 19.4. The monoisotopic (exact) mass is 539 g/mol. The minimum Gasteiger partial charge on any atom is -0.454 e. The number of ether oxygens (including phenoxy) is 2. The fraction of sp³-hybridized carbons (Fsp3) is 0.292. The van der Waals surface area contributed by atoms with Crippen LogP contribution in [0.1, 0.15) is 11.1 Å². The highest BCUT2D eigenvalue weighted by Crippen LogP contribution is 2.38. The molecule has 3 aromatic rings. The highest BCUT2D eigenvalue weighted by Gasteiger charge is 2.37. The molecule has 0 saturated carbocycles. The predicted molar refractivity (Wildman–Crippen MR) is 123 cm³/mol. The van der Waals surface area contributed by atoms with E-state index in [-0.39, 0.29) is 25.9 Å². The number of amides is 2. The first kappa shape index (κ1) is 25.4. The number of hydrogen-bond donors (Lipinski definition) is 1. The molecule has 1 fully saturated rings. The summed E-state index contributed by atoms with van der Waals surface area (Å²) in [6, 6.07) is 9.10. The Kier molecular flexibility index (Phi) is 6.41. The molecule has 1 N–H and O–H groups in total. The molecule has 5 rings (SSSR count). The minimum absolute atomic E-state index is 0.00721. The summed E-state index contributed by atoms with van der Waals surface area (Å²) in [6.07, 6.45) is -10.0. The Balaban J connectivity index is 1.21. The van der Waals surface area contributed by atoms with Gasteiger partial charge in [0.1, 0.15) is 0 Å². The first-order valence-corrected chi connectivity index (χ1v) is 11.3. The Morgan fingerprint density at radius 3 is 2.05 bits per heavy atom. The smallest absolute Gasteiger partial charge is 0.416 e. The van der Waals surface area contributed by atoms with E-state index in [4.69, 9.17) is 9.47 Å². The second kappa shape index (κ2) is 9.58. The van der Waals surface area contributed by atoms with Crippen LogP contribution in [0.25, 0.3) is 11.3 Å². The number of urea groups is 1. The van der Waals surface area contributed by atoms with Crippen molar-refractivity contribution in [1.29, 1.82) is 0 Å². The van der Waals surface area contributed by atoms with Gasteiger partial charge in [-0.2, -0.15) is 26.3 Å². The number of nitrogens with zero attached hydrogens (tertiary/aromatic N) is 4. The van der Waals surface area contributed by atoms with Crippen molar-refractivity contribution in [2.75, 3.05) is 43.2 Å². The van der Waals surface area contributed by atoms with Crippen molar-refractivity contribution >= 4 is 17.5 Å². The van der Waals surface area contributed by atoms with Gasteiger partial charge in [-0.05, 0) is 48.5 Å². The SMILES string of the molecule is O=C(Nc1cc(C(F)(F)F)cc(C(F)(F)F)c1)N1CCN(c2ccc(-c3ccc4c(c3)OCO4)nn2)CC1. The van der Waals surface area contributed by atoms with Crippen LogP contribution in [0, 0.1) is 0 Å². The summed E-state index contributed by atoms with van der Waals surface area (Å²) in [5.41, 5.74) is -2.20. The van der Waals surface area contributed by atoms with Gasteiger partial charge in [-0.25, -0.2) is 4.79 Å². The number of rotatable bonds is 3. The lowest BCUT2D eigenvalue weighted by molar-refractivity contribution is -0.143. The molecule has 2 amide bonds. The molecular formula is C24H19F6N5O3. The zero-order chi connectivity index (χ0) is 27.1. The molecule has 14 heteroatoms. The Bertz CT molecular complexity index is 1310. The molecule has 2 aliphatic heterocycles. The molecule has 3 heterocycles. The van der Waals surface area contributed by atoms with Crippen molar-refractivity contribution < 1.29 is 40.6 Å². The van der Waals surface area contributed by atoms with Crippen molar-refractivity contribution in [1.82, 2.24) is 15.1 Å². The molecule has 38 heavy (non-hydrogen) atoms. The van der Waals surface area contributed by atoms with Crippen LogP contribution in [0.2, 0.25) is 0 Å². The normalized spacial score (nSPS) is 15.5. The van der Waals surface area contributed by atoms with Crippen LogP contribution in [0.3, 0.4) is 0 Å². The van der Waals surface area contributed by atoms with Gasteiger partial charge in [0.25, 0.3) is 0 Å². The Hall–Kier alpha value is -4.23. The van der Waals surface area contributed by atoms with Gasteiger partial charge in [0.05, 0.1) is 16.8 Å². The number of halogens is 6. The third kappa shape index (κ3) is 5.38. The molecule has 0 bridgehead atoms. The van der Waals surface area contributed by atoms with E-state index in [1.807, 2.05) is 11.0 Å². The molecule has 0 spiro atoms. The fourth-order valence-electron chi connectivity index (χ4n) is 4.07. The number of carbonyl (C=O) groups excluding carboxylic acids is 1. The number of nitrogens with one attached hydrogen (secondary N) is 1. The quantitative estimate of drug-likeness (QED) is 0.458. The van der Waals surface area contributed by atoms with Crippen LogP contribution in [0.15, 0.2) is 48.5 Å². The first-order chi connectivity index (χ1) is 18.0. The summed E-state index contributed by atoms with van der Waals surface area (Å²) in [5, 5.41) is 10.7.